The minimum absolute atomic E-state index is 0. The number of nitrogens with zero attached hydrogens (tertiary/aromatic N) is 1. The van der Waals surface area contributed by atoms with E-state index in [0.29, 0.717) is 12.5 Å². The smallest absolute Gasteiger partial charge is 0.127 e. The van der Waals surface area contributed by atoms with Crippen LogP contribution >= 0.6 is 0 Å². The van der Waals surface area contributed by atoms with Crippen LogP contribution in [0.1, 0.15) is 51.0 Å². The Morgan fingerprint density at radius 3 is 2.21 bits per heavy atom. The van der Waals surface area contributed by atoms with Crippen LogP contribution in [0.4, 0.5) is 0 Å². The lowest BCUT2D eigenvalue weighted by atomic mass is 9.90. The van der Waals surface area contributed by atoms with Gasteiger partial charge in [-0.3, -0.25) is 5.26 Å². The van der Waals surface area contributed by atoms with Gasteiger partial charge in [0.1, 0.15) is 28.6 Å². The Kier molecular flexibility index (Phi) is 12.0. The zero-order chi connectivity index (χ0) is 23.6. The second-order valence-electron chi connectivity index (χ2n) is 8.96. The fraction of sp³-hybridized carbons (Fsp3) is 0.538. The van der Waals surface area contributed by atoms with Crippen molar-refractivity contribution in [1.29, 1.82) is 0 Å². The molecule has 1 aliphatic heterocycles. The molecule has 0 radical (unpaired) electrons. The molecule has 34 heavy (non-hydrogen) atoms. The van der Waals surface area contributed by atoms with Gasteiger partial charge in [-0.15, -0.1) is 0 Å². The van der Waals surface area contributed by atoms with Gasteiger partial charge >= 0.3 is 0 Å². The Bertz CT molecular complexity index is 855. The van der Waals surface area contributed by atoms with E-state index in [1.165, 1.54) is 44.8 Å². The number of benzene rings is 2. The molecular weight excluding hydrogens is 454 g/mol. The maximum Gasteiger partial charge on any atom is 0.127 e. The van der Waals surface area contributed by atoms with E-state index in [9.17, 15) is 4.21 Å². The fourth-order valence-electron chi connectivity index (χ4n) is 4.43. The van der Waals surface area contributed by atoms with Crippen LogP contribution in [-0.4, -0.2) is 51.7 Å². The predicted molar refractivity (Wildman–Crippen MR) is 135 cm³/mol. The Hall–Kier alpha value is -1.97. The van der Waals surface area contributed by atoms with Crippen molar-refractivity contribution < 1.29 is 29.3 Å². The highest BCUT2D eigenvalue weighted by Crippen LogP contribution is 2.28. The van der Waals surface area contributed by atoms with Crippen molar-refractivity contribution in [2.75, 3.05) is 20.3 Å². The van der Waals surface area contributed by atoms with E-state index in [4.69, 9.17) is 14.7 Å². The third kappa shape index (κ3) is 8.36. The average molecular weight is 494 g/mol. The molecule has 0 amide bonds. The number of hydrogen-bond donors (Lipinski definition) is 1. The minimum atomic E-state index is -1.19. The third-order valence-electron chi connectivity index (χ3n) is 6.25. The largest absolute Gasteiger partial charge is 0.493 e. The molecule has 0 aromatic heterocycles. The van der Waals surface area contributed by atoms with Crippen LogP contribution < -0.4 is 9.47 Å². The summed E-state index contributed by atoms with van der Waals surface area (Å²) in [5.41, 5.74) is 1.22. The van der Waals surface area contributed by atoms with Gasteiger partial charge in [0.15, 0.2) is 0 Å². The lowest BCUT2D eigenvalue weighted by molar-refractivity contribution is -0.214. The zero-order valence-corrected chi connectivity index (χ0v) is 21.3. The summed E-state index contributed by atoms with van der Waals surface area (Å²) < 4.78 is 27.3. The molecule has 1 aliphatic carbocycles. The van der Waals surface area contributed by atoms with Gasteiger partial charge in [0.2, 0.25) is 0 Å². The SMILES string of the molecule is COO.Cc1ccc(O[C@@H]2C[C@@H](C)N(S(=O)c3ccc(OCC4CCCCC4)cc3)C2)cc1.O. The third-order valence-corrected chi connectivity index (χ3v) is 7.86. The lowest BCUT2D eigenvalue weighted by Gasteiger charge is -2.22. The minimum Gasteiger partial charge on any atom is -0.493 e. The zero-order valence-electron chi connectivity index (χ0n) is 20.4. The fourth-order valence-corrected chi connectivity index (χ4v) is 5.79. The van der Waals surface area contributed by atoms with Crippen molar-refractivity contribution in [2.24, 2.45) is 5.92 Å². The molecule has 2 aliphatic rings. The van der Waals surface area contributed by atoms with Gasteiger partial charge in [0, 0.05) is 19.0 Å². The molecule has 3 atom stereocenters. The molecule has 1 unspecified atom stereocenters. The molecule has 2 aromatic carbocycles. The van der Waals surface area contributed by atoms with E-state index in [-0.39, 0.29) is 17.6 Å². The Balaban J connectivity index is 0.000000970. The van der Waals surface area contributed by atoms with Crippen molar-refractivity contribution in [2.45, 2.75) is 69.4 Å². The molecule has 0 bridgehead atoms. The van der Waals surface area contributed by atoms with Crippen LogP contribution in [0.5, 0.6) is 11.5 Å². The van der Waals surface area contributed by atoms with Gasteiger partial charge in [0.25, 0.3) is 0 Å². The van der Waals surface area contributed by atoms with Crippen LogP contribution in [0.15, 0.2) is 53.4 Å². The van der Waals surface area contributed by atoms with E-state index in [0.717, 1.165) is 29.4 Å². The summed E-state index contributed by atoms with van der Waals surface area (Å²) in [6.45, 7) is 5.65. The van der Waals surface area contributed by atoms with E-state index < -0.39 is 11.0 Å². The second kappa shape index (κ2) is 14.4. The second-order valence-corrected chi connectivity index (χ2v) is 10.4. The molecule has 8 heteroatoms. The Morgan fingerprint density at radius 2 is 1.59 bits per heavy atom. The van der Waals surface area contributed by atoms with Crippen LogP contribution in [0, 0.1) is 12.8 Å². The standard InChI is InChI=1S/C25H33NO3S.CH4O2.H2O/c1-19-8-10-23(11-9-19)29-24-16-20(2)26(17-24)30(27)25-14-12-22(13-15-25)28-18-21-6-4-3-5-7-21;1-3-2;/h8-15,20-21,24H,3-7,16-18H2,1-2H3;2H,1H3;1H2/t20-,24-,30?;;/m1../s1. The summed E-state index contributed by atoms with van der Waals surface area (Å²) in [5, 5.41) is 7.07. The molecule has 7 nitrogen and oxygen atoms in total. The molecule has 2 fully saturated rings. The normalized spacial score (nSPS) is 21.6. The van der Waals surface area contributed by atoms with Crippen LogP contribution in [0.3, 0.4) is 0 Å². The summed E-state index contributed by atoms with van der Waals surface area (Å²) >= 11 is 0. The van der Waals surface area contributed by atoms with Crippen LogP contribution in [0.2, 0.25) is 0 Å². The highest BCUT2D eigenvalue weighted by molar-refractivity contribution is 7.82. The van der Waals surface area contributed by atoms with Gasteiger partial charge in [-0.25, -0.2) is 13.4 Å². The monoisotopic (exact) mass is 493 g/mol. The average Bonchev–Trinajstić information content (AvgIpc) is 3.20. The maximum absolute atomic E-state index is 13.2. The number of aryl methyl sites for hydroxylation is 1. The van der Waals surface area contributed by atoms with Gasteiger partial charge in [-0.1, -0.05) is 37.0 Å². The lowest BCUT2D eigenvalue weighted by Crippen LogP contribution is -2.30. The van der Waals surface area contributed by atoms with E-state index in [1.807, 2.05) is 40.7 Å². The molecule has 3 N–H and O–H groups in total. The molecule has 1 saturated carbocycles. The van der Waals surface area contributed by atoms with Gasteiger partial charge < -0.3 is 14.9 Å². The van der Waals surface area contributed by atoms with Gasteiger partial charge in [-0.05, 0) is 69.0 Å². The first-order valence-corrected chi connectivity index (χ1v) is 12.9. The highest BCUT2D eigenvalue weighted by atomic mass is 32.2. The molecule has 0 spiro atoms. The number of ether oxygens (including phenoxy) is 2. The number of hydrogen-bond acceptors (Lipinski definition) is 5. The first-order valence-electron chi connectivity index (χ1n) is 11.8. The summed E-state index contributed by atoms with van der Waals surface area (Å²) in [6, 6.07) is 16.1. The highest BCUT2D eigenvalue weighted by Gasteiger charge is 2.34. The van der Waals surface area contributed by atoms with Gasteiger partial charge in [0.05, 0.1) is 18.6 Å². The van der Waals surface area contributed by atoms with Crippen LogP contribution in [-0.2, 0) is 15.9 Å². The summed E-state index contributed by atoms with van der Waals surface area (Å²) in [5.74, 6) is 2.43. The first-order chi connectivity index (χ1) is 16.0. The number of rotatable bonds is 7. The molecule has 2 aromatic rings. The summed E-state index contributed by atoms with van der Waals surface area (Å²) in [7, 11) is -0.00935. The van der Waals surface area contributed by atoms with Crippen molar-refractivity contribution in [3.8, 4) is 11.5 Å². The Morgan fingerprint density at radius 1 is 1.00 bits per heavy atom. The molecular formula is C26H39NO6S. The van der Waals surface area contributed by atoms with Crippen molar-refractivity contribution in [3.63, 3.8) is 0 Å². The van der Waals surface area contributed by atoms with E-state index >= 15 is 0 Å². The van der Waals surface area contributed by atoms with Crippen molar-refractivity contribution in [3.05, 3.63) is 54.1 Å². The van der Waals surface area contributed by atoms with Crippen molar-refractivity contribution in [1.82, 2.24) is 4.31 Å². The Labute approximate surface area is 205 Å². The topological polar surface area (TPSA) is 99.7 Å². The van der Waals surface area contributed by atoms with E-state index in [2.05, 4.69) is 30.9 Å². The van der Waals surface area contributed by atoms with Crippen LogP contribution in [0.25, 0.3) is 0 Å². The van der Waals surface area contributed by atoms with Crippen molar-refractivity contribution >= 4 is 11.0 Å². The first kappa shape index (κ1) is 28.3. The van der Waals surface area contributed by atoms with E-state index in [1.54, 1.807) is 0 Å². The predicted octanol–water partition coefficient (Wildman–Crippen LogP) is 4.80. The molecule has 1 heterocycles. The molecule has 190 valence electrons. The quantitative estimate of drug-likeness (QED) is 0.441. The summed E-state index contributed by atoms with van der Waals surface area (Å²) in [6.07, 6.45) is 7.51. The maximum atomic E-state index is 13.2. The van der Waals surface area contributed by atoms with Gasteiger partial charge in [-0.2, -0.15) is 0 Å². The summed E-state index contributed by atoms with van der Waals surface area (Å²) in [4.78, 5) is 4.07. The molecule has 4 rings (SSSR count). The molecule has 1 saturated heterocycles.